The third kappa shape index (κ3) is 3.50. The van der Waals surface area contributed by atoms with Crippen LogP contribution in [0.15, 0.2) is 29.1 Å². The molecular weight excluding hydrogens is 380 g/mol. The van der Waals surface area contributed by atoms with Crippen molar-refractivity contribution >= 4 is 38.2 Å². The number of thiophene rings is 1. The van der Waals surface area contributed by atoms with Gasteiger partial charge in [0.25, 0.3) is 11.5 Å². The van der Waals surface area contributed by atoms with E-state index in [0.717, 1.165) is 15.6 Å². The Balaban J connectivity index is 2.20. The molecular formula is C20H24N2O5S. The van der Waals surface area contributed by atoms with Gasteiger partial charge in [0.2, 0.25) is 0 Å². The van der Waals surface area contributed by atoms with Crippen LogP contribution in [0.2, 0.25) is 0 Å². The number of pyridine rings is 1. The molecule has 0 bridgehead atoms. The van der Waals surface area contributed by atoms with Gasteiger partial charge in [-0.2, -0.15) is 0 Å². The molecule has 2 heterocycles. The summed E-state index contributed by atoms with van der Waals surface area (Å²) in [6, 6.07) is 7.66. The Hall–Kier alpha value is -2.42. The molecule has 1 amide bonds. The zero-order valence-electron chi connectivity index (χ0n) is 16.5. The predicted molar refractivity (Wildman–Crippen MR) is 111 cm³/mol. The van der Waals surface area contributed by atoms with Crippen LogP contribution in [0.4, 0.5) is 0 Å². The van der Waals surface area contributed by atoms with Crippen LogP contribution in [-0.2, 0) is 16.5 Å². The zero-order chi connectivity index (χ0) is 20.3. The highest BCUT2D eigenvalue weighted by atomic mass is 32.1. The first-order chi connectivity index (χ1) is 13.5. The Morgan fingerprint density at radius 1 is 1.11 bits per heavy atom. The van der Waals surface area contributed by atoms with Crippen molar-refractivity contribution in [1.29, 1.82) is 0 Å². The minimum absolute atomic E-state index is 0.179. The van der Waals surface area contributed by atoms with Gasteiger partial charge in [-0.3, -0.25) is 9.59 Å². The number of carbonyl (C=O) groups is 1. The quantitative estimate of drug-likeness (QED) is 0.577. The maximum absolute atomic E-state index is 13.3. The number of para-hydroxylation sites is 1. The van der Waals surface area contributed by atoms with Gasteiger partial charge in [0.1, 0.15) is 10.3 Å². The number of amides is 1. The van der Waals surface area contributed by atoms with Gasteiger partial charge in [0.05, 0.1) is 30.5 Å². The molecule has 0 aliphatic heterocycles. The lowest BCUT2D eigenvalue weighted by molar-refractivity contribution is 0.0629. The fourth-order valence-electron chi connectivity index (χ4n) is 3.23. The van der Waals surface area contributed by atoms with E-state index in [4.69, 9.17) is 14.2 Å². The molecule has 28 heavy (non-hydrogen) atoms. The minimum atomic E-state index is -0.196. The van der Waals surface area contributed by atoms with Crippen molar-refractivity contribution in [1.82, 2.24) is 9.47 Å². The average molecular weight is 404 g/mol. The number of ether oxygens (including phenoxy) is 3. The van der Waals surface area contributed by atoms with Gasteiger partial charge in [-0.15, -0.1) is 11.3 Å². The highest BCUT2D eigenvalue weighted by molar-refractivity contribution is 7.22. The molecule has 7 nitrogen and oxygen atoms in total. The monoisotopic (exact) mass is 404 g/mol. The zero-order valence-corrected chi connectivity index (χ0v) is 17.3. The molecule has 0 atom stereocenters. The number of rotatable bonds is 8. The summed E-state index contributed by atoms with van der Waals surface area (Å²) in [6.07, 6.45) is 0. The van der Waals surface area contributed by atoms with E-state index >= 15 is 0 Å². The molecule has 8 heteroatoms. The molecule has 0 fully saturated rings. The predicted octanol–water partition coefficient (Wildman–Crippen LogP) is 2.50. The first kappa shape index (κ1) is 20.3. The van der Waals surface area contributed by atoms with Crippen LogP contribution in [0.5, 0.6) is 5.75 Å². The van der Waals surface area contributed by atoms with Gasteiger partial charge in [-0.05, 0) is 6.07 Å². The number of carbonyl (C=O) groups excluding carboxylic acids is 1. The molecule has 0 saturated heterocycles. The molecule has 0 spiro atoms. The van der Waals surface area contributed by atoms with Crippen molar-refractivity contribution in [3.8, 4) is 5.75 Å². The average Bonchev–Trinajstić information content (AvgIpc) is 3.11. The maximum atomic E-state index is 13.3. The van der Waals surface area contributed by atoms with Gasteiger partial charge in [0.15, 0.2) is 5.75 Å². The second-order valence-electron chi connectivity index (χ2n) is 6.33. The fraction of sp³-hybridized carbons (Fsp3) is 0.400. The Morgan fingerprint density at radius 2 is 1.75 bits per heavy atom. The summed E-state index contributed by atoms with van der Waals surface area (Å²) in [4.78, 5) is 28.3. The number of hydrogen-bond donors (Lipinski definition) is 0. The molecule has 2 aromatic heterocycles. The van der Waals surface area contributed by atoms with E-state index in [-0.39, 0.29) is 11.5 Å². The Morgan fingerprint density at radius 3 is 2.36 bits per heavy atom. The SMILES string of the molecule is COCCN(CCOC)C(=O)c1sc2c(c1OC)c(=O)n(C)c1ccccc21. The smallest absolute Gasteiger partial charge is 0.267 e. The Labute approximate surface area is 167 Å². The molecule has 0 aliphatic rings. The third-order valence-corrected chi connectivity index (χ3v) is 5.90. The number of methoxy groups -OCH3 is 3. The van der Waals surface area contributed by atoms with Gasteiger partial charge in [-0.25, -0.2) is 0 Å². The number of fused-ring (bicyclic) bond motifs is 3. The summed E-state index contributed by atoms with van der Waals surface area (Å²) < 4.78 is 18.2. The first-order valence-electron chi connectivity index (χ1n) is 8.90. The van der Waals surface area contributed by atoms with Gasteiger partial charge in [-0.1, -0.05) is 18.2 Å². The van der Waals surface area contributed by atoms with Gasteiger partial charge >= 0.3 is 0 Å². The molecule has 0 aliphatic carbocycles. The molecule has 3 aromatic rings. The van der Waals surface area contributed by atoms with Crippen LogP contribution < -0.4 is 10.3 Å². The second kappa shape index (κ2) is 8.72. The molecule has 3 rings (SSSR count). The fourth-order valence-corrected chi connectivity index (χ4v) is 4.50. The number of benzene rings is 1. The molecule has 0 unspecified atom stereocenters. The highest BCUT2D eigenvalue weighted by Crippen LogP contribution is 2.39. The normalized spacial score (nSPS) is 11.3. The summed E-state index contributed by atoms with van der Waals surface area (Å²) >= 11 is 1.29. The van der Waals surface area contributed by atoms with Crippen LogP contribution in [0, 0.1) is 0 Å². The van der Waals surface area contributed by atoms with Crippen molar-refractivity contribution in [2.45, 2.75) is 0 Å². The topological polar surface area (TPSA) is 70.0 Å². The van der Waals surface area contributed by atoms with Crippen LogP contribution in [0.1, 0.15) is 9.67 Å². The van der Waals surface area contributed by atoms with Crippen LogP contribution in [-0.4, -0.2) is 63.0 Å². The molecule has 0 radical (unpaired) electrons. The summed E-state index contributed by atoms with van der Waals surface area (Å²) in [6.45, 7) is 1.67. The van der Waals surface area contributed by atoms with Crippen LogP contribution >= 0.6 is 11.3 Å². The molecule has 0 N–H and O–H groups in total. The highest BCUT2D eigenvalue weighted by Gasteiger charge is 2.27. The van der Waals surface area contributed by atoms with E-state index in [9.17, 15) is 9.59 Å². The minimum Gasteiger partial charge on any atom is -0.494 e. The Kier molecular flexibility index (Phi) is 6.33. The summed E-state index contributed by atoms with van der Waals surface area (Å²) in [5.41, 5.74) is 0.639. The number of hydrogen-bond acceptors (Lipinski definition) is 6. The molecule has 150 valence electrons. The lowest BCUT2D eigenvalue weighted by Gasteiger charge is -2.21. The number of aryl methyl sites for hydroxylation is 1. The van der Waals surface area contributed by atoms with Crippen molar-refractivity contribution in [3.63, 3.8) is 0 Å². The lowest BCUT2D eigenvalue weighted by atomic mass is 10.1. The number of aromatic nitrogens is 1. The van der Waals surface area contributed by atoms with Crippen LogP contribution in [0.25, 0.3) is 21.0 Å². The summed E-state index contributed by atoms with van der Waals surface area (Å²) in [7, 11) is 6.40. The van der Waals surface area contributed by atoms with Crippen molar-refractivity contribution < 1.29 is 19.0 Å². The molecule has 0 saturated carbocycles. The lowest BCUT2D eigenvalue weighted by Crippen LogP contribution is -2.36. The number of nitrogens with zero attached hydrogens (tertiary/aromatic N) is 2. The van der Waals surface area contributed by atoms with E-state index < -0.39 is 0 Å². The largest absolute Gasteiger partial charge is 0.494 e. The second-order valence-corrected chi connectivity index (χ2v) is 7.35. The maximum Gasteiger partial charge on any atom is 0.267 e. The van der Waals surface area contributed by atoms with E-state index in [2.05, 4.69) is 0 Å². The third-order valence-electron chi connectivity index (χ3n) is 4.71. The van der Waals surface area contributed by atoms with Crippen molar-refractivity contribution in [3.05, 3.63) is 39.5 Å². The summed E-state index contributed by atoms with van der Waals surface area (Å²) in [5, 5.41) is 1.36. The van der Waals surface area contributed by atoms with Crippen molar-refractivity contribution in [2.24, 2.45) is 7.05 Å². The Bertz CT molecular complexity index is 1050. The van der Waals surface area contributed by atoms with E-state index in [0.29, 0.717) is 42.3 Å². The van der Waals surface area contributed by atoms with Crippen molar-refractivity contribution in [2.75, 3.05) is 47.6 Å². The standard InChI is InChI=1S/C20H24N2O5S/c1-21-14-8-6-5-7-13(14)17-15(19(21)23)16(27-4)18(28-17)20(24)22(9-11-25-2)10-12-26-3/h5-8H,9-12H2,1-4H3. The van der Waals surface area contributed by atoms with E-state index in [1.807, 2.05) is 24.3 Å². The van der Waals surface area contributed by atoms with Crippen LogP contribution in [0.3, 0.4) is 0 Å². The van der Waals surface area contributed by atoms with Gasteiger partial charge in [0, 0.05) is 39.7 Å². The molecule has 1 aromatic carbocycles. The first-order valence-corrected chi connectivity index (χ1v) is 9.72. The summed E-state index contributed by atoms with van der Waals surface area (Å²) in [5.74, 6) is 0.134. The van der Waals surface area contributed by atoms with E-state index in [1.165, 1.54) is 18.4 Å². The van der Waals surface area contributed by atoms with Gasteiger partial charge < -0.3 is 23.7 Å². The van der Waals surface area contributed by atoms with E-state index in [1.54, 1.807) is 30.7 Å².